The highest BCUT2D eigenvalue weighted by atomic mass is 19.2. The zero-order valence-corrected chi connectivity index (χ0v) is 27.7. The summed E-state index contributed by atoms with van der Waals surface area (Å²) in [6.45, 7) is 0.627. The molecule has 9 nitrogen and oxygen atoms in total. The van der Waals surface area contributed by atoms with Crippen molar-refractivity contribution in [2.24, 2.45) is 0 Å². The molecule has 0 saturated heterocycles. The van der Waals surface area contributed by atoms with Gasteiger partial charge < -0.3 is 19.1 Å². The van der Waals surface area contributed by atoms with E-state index >= 15 is 0 Å². The van der Waals surface area contributed by atoms with E-state index in [-0.39, 0.29) is 39.7 Å². The van der Waals surface area contributed by atoms with Crippen molar-refractivity contribution in [3.05, 3.63) is 121 Å². The Kier molecular flexibility index (Phi) is 9.20. The first kappa shape index (κ1) is 35.7. The van der Waals surface area contributed by atoms with Crippen LogP contribution in [0.2, 0.25) is 0 Å². The zero-order valence-electron chi connectivity index (χ0n) is 27.7. The van der Waals surface area contributed by atoms with Gasteiger partial charge in [0.2, 0.25) is 5.43 Å². The number of hydrogen-bond donors (Lipinski definition) is 1. The van der Waals surface area contributed by atoms with Gasteiger partial charge >= 0.3 is 5.97 Å². The number of anilines is 1. The number of carbonyl (C=O) groups excluding carboxylic acids is 2. The Balaban J connectivity index is 0.000000124. The number of fused-ring (bicyclic) bond motifs is 3. The van der Waals surface area contributed by atoms with Crippen LogP contribution in [0.3, 0.4) is 0 Å². The smallest absolute Gasteiger partial charge is 0.341 e. The predicted octanol–water partition coefficient (Wildman–Crippen LogP) is 7.26. The van der Waals surface area contributed by atoms with Gasteiger partial charge in [-0.25, -0.2) is 31.1 Å². The number of benzene rings is 3. The first-order valence-corrected chi connectivity index (χ1v) is 16.8. The van der Waals surface area contributed by atoms with Crippen molar-refractivity contribution in [1.82, 2.24) is 9.13 Å². The molecule has 15 heteroatoms. The minimum absolute atomic E-state index is 0.0274. The van der Waals surface area contributed by atoms with Crippen molar-refractivity contribution in [1.29, 1.82) is 0 Å². The molecule has 2 aromatic heterocycles. The third-order valence-electron chi connectivity index (χ3n) is 9.63. The third kappa shape index (κ3) is 6.94. The van der Waals surface area contributed by atoms with Gasteiger partial charge in [0, 0.05) is 78.0 Å². The number of hydrogen-bond acceptors (Lipinski definition) is 6. The summed E-state index contributed by atoms with van der Waals surface area (Å²) < 4.78 is 82.5. The van der Waals surface area contributed by atoms with Gasteiger partial charge in [-0.05, 0) is 56.7 Å². The van der Waals surface area contributed by atoms with Crippen LogP contribution in [0, 0.1) is 34.9 Å². The number of halogens is 6. The fourth-order valence-electron chi connectivity index (χ4n) is 6.50. The Hall–Kier alpha value is -5.73. The van der Waals surface area contributed by atoms with Crippen molar-refractivity contribution < 1.29 is 45.8 Å². The standard InChI is InChI=1S/C13H9F2NO3.C13H9F2NO2.C12H11F2NO/c14-9-3-7-11(4-10(9)15)16(6-1-2-6)5-8(12(7)17)13(18)19;14-10-3-9-12(4-11(10)15)16(8-1-2-8)5-7(6-17)13(9)18;13-9-5-8-11(6-10(9)14)15(7-1-2-7)4-3-12(8)16/h3-6H,1-2H2,(H,18,19);3-6,8H,1-2H2;5-7H,1-4H2. The summed E-state index contributed by atoms with van der Waals surface area (Å²) in [5, 5.41) is 8.94. The van der Waals surface area contributed by atoms with Crippen molar-refractivity contribution in [3.63, 3.8) is 0 Å². The summed E-state index contributed by atoms with van der Waals surface area (Å²) >= 11 is 0. The van der Waals surface area contributed by atoms with Crippen LogP contribution in [0.4, 0.5) is 32.0 Å². The highest BCUT2D eigenvalue weighted by Crippen LogP contribution is 2.39. The molecule has 274 valence electrons. The van der Waals surface area contributed by atoms with Crippen molar-refractivity contribution in [3.8, 4) is 0 Å². The maximum absolute atomic E-state index is 13.3. The molecule has 53 heavy (non-hydrogen) atoms. The van der Waals surface area contributed by atoms with Gasteiger partial charge in [0.25, 0.3) is 0 Å². The topological polar surface area (TPSA) is 119 Å². The van der Waals surface area contributed by atoms with E-state index in [4.69, 9.17) is 5.11 Å². The summed E-state index contributed by atoms with van der Waals surface area (Å²) in [6.07, 6.45) is 9.11. The van der Waals surface area contributed by atoms with Crippen LogP contribution in [-0.2, 0) is 0 Å². The molecule has 0 bridgehead atoms. The second kappa shape index (κ2) is 13.7. The van der Waals surface area contributed by atoms with E-state index in [0.29, 0.717) is 42.1 Å². The summed E-state index contributed by atoms with van der Waals surface area (Å²) in [7, 11) is 0. The molecule has 0 amide bonds. The lowest BCUT2D eigenvalue weighted by atomic mass is 10.00. The van der Waals surface area contributed by atoms with Crippen LogP contribution in [0.15, 0.2) is 58.4 Å². The normalized spacial score (nSPS) is 16.4. The van der Waals surface area contributed by atoms with Crippen LogP contribution < -0.4 is 15.8 Å². The van der Waals surface area contributed by atoms with Gasteiger partial charge in [0.05, 0.1) is 22.3 Å². The molecular formula is C38H29F6N3O6. The van der Waals surface area contributed by atoms with Gasteiger partial charge in [-0.2, -0.15) is 0 Å². The maximum Gasteiger partial charge on any atom is 0.341 e. The molecule has 0 radical (unpaired) electrons. The lowest BCUT2D eigenvalue weighted by Crippen LogP contribution is -2.34. The molecule has 9 rings (SSSR count). The van der Waals surface area contributed by atoms with E-state index < -0.39 is 57.3 Å². The number of carbonyl (C=O) groups is 3. The van der Waals surface area contributed by atoms with Crippen LogP contribution in [0.25, 0.3) is 21.8 Å². The Morgan fingerprint density at radius 1 is 0.642 bits per heavy atom. The van der Waals surface area contributed by atoms with Crippen molar-refractivity contribution in [2.75, 3.05) is 11.4 Å². The van der Waals surface area contributed by atoms with Crippen LogP contribution in [-0.4, -0.2) is 44.9 Å². The van der Waals surface area contributed by atoms with Crippen LogP contribution in [0.1, 0.15) is 88.1 Å². The molecule has 3 aliphatic carbocycles. The van der Waals surface area contributed by atoms with E-state index in [1.807, 2.05) is 4.90 Å². The molecule has 4 aliphatic rings. The molecule has 0 spiro atoms. The lowest BCUT2D eigenvalue weighted by Gasteiger charge is -2.30. The molecule has 3 fully saturated rings. The highest BCUT2D eigenvalue weighted by Gasteiger charge is 2.35. The summed E-state index contributed by atoms with van der Waals surface area (Å²) in [5.74, 6) is -7.56. The maximum atomic E-state index is 13.3. The van der Waals surface area contributed by atoms with Gasteiger partial charge in [-0.3, -0.25) is 19.2 Å². The number of carboxylic acid groups (broad SMARTS) is 1. The molecule has 3 aromatic carbocycles. The minimum Gasteiger partial charge on any atom is -0.477 e. The molecule has 3 heterocycles. The minimum atomic E-state index is -1.37. The van der Waals surface area contributed by atoms with E-state index in [1.165, 1.54) is 12.4 Å². The third-order valence-corrected chi connectivity index (χ3v) is 9.63. The second-order valence-corrected chi connectivity index (χ2v) is 13.4. The lowest BCUT2D eigenvalue weighted by molar-refractivity contribution is 0.0694. The van der Waals surface area contributed by atoms with E-state index in [9.17, 15) is 50.3 Å². The Bertz CT molecular complexity index is 2490. The molecule has 0 unspecified atom stereocenters. The number of aromatic nitrogens is 2. The van der Waals surface area contributed by atoms with Gasteiger partial charge in [-0.1, -0.05) is 0 Å². The SMILES string of the molecule is O=C(O)c1cn(C2CC2)c2cc(F)c(F)cc2c1=O.O=C1CCN(C2CC2)c2cc(F)c(F)cc21.O=Cc1cn(C2CC2)c2cc(F)c(F)cc2c1=O. The first-order chi connectivity index (χ1) is 25.3. The predicted molar refractivity (Wildman–Crippen MR) is 181 cm³/mol. The molecule has 1 aliphatic heterocycles. The Morgan fingerprint density at radius 3 is 1.62 bits per heavy atom. The van der Waals surface area contributed by atoms with Gasteiger partial charge in [-0.15, -0.1) is 0 Å². The summed E-state index contributed by atoms with van der Waals surface area (Å²) in [6, 6.07) is 6.38. The number of Topliss-reactive ketones (excluding diaryl/α,β-unsaturated/α-hetero) is 1. The fraction of sp³-hybridized carbons (Fsp3) is 0.289. The number of nitrogens with zero attached hydrogens (tertiary/aromatic N) is 3. The average molecular weight is 738 g/mol. The number of rotatable bonds is 5. The monoisotopic (exact) mass is 737 g/mol. The first-order valence-electron chi connectivity index (χ1n) is 16.8. The van der Waals surface area contributed by atoms with Gasteiger partial charge in [0.1, 0.15) is 5.56 Å². The summed E-state index contributed by atoms with van der Waals surface area (Å²) in [4.78, 5) is 59.3. The quantitative estimate of drug-likeness (QED) is 0.149. The number of pyridine rings is 2. The molecule has 1 N–H and O–H groups in total. The fourth-order valence-corrected chi connectivity index (χ4v) is 6.50. The van der Waals surface area contributed by atoms with Crippen molar-refractivity contribution >= 4 is 45.5 Å². The molecular weight excluding hydrogens is 708 g/mol. The van der Waals surface area contributed by atoms with E-state index in [0.717, 1.165) is 74.9 Å². The number of ketones is 1. The molecule has 5 aromatic rings. The van der Waals surface area contributed by atoms with Crippen LogP contribution in [0.5, 0.6) is 0 Å². The van der Waals surface area contributed by atoms with Crippen molar-refractivity contribution in [2.45, 2.75) is 63.1 Å². The Labute approximate surface area is 295 Å². The average Bonchev–Trinajstić information content (AvgIpc) is 3.95. The summed E-state index contributed by atoms with van der Waals surface area (Å²) in [5.41, 5.74) is -0.335. The van der Waals surface area contributed by atoms with E-state index in [2.05, 4.69) is 0 Å². The van der Waals surface area contributed by atoms with E-state index in [1.54, 1.807) is 9.13 Å². The number of aldehydes is 1. The largest absolute Gasteiger partial charge is 0.477 e. The molecule has 3 saturated carbocycles. The number of aromatic carboxylic acids is 1. The van der Waals surface area contributed by atoms with Gasteiger partial charge in [0.15, 0.2) is 52.4 Å². The zero-order chi connectivity index (χ0) is 37.9. The van der Waals surface area contributed by atoms with Crippen LogP contribution >= 0.6 is 0 Å². The Morgan fingerprint density at radius 2 is 1.11 bits per heavy atom. The molecule has 0 atom stereocenters. The highest BCUT2D eigenvalue weighted by molar-refractivity contribution is 6.03. The number of carboxylic acids is 1. The second-order valence-electron chi connectivity index (χ2n) is 13.4.